The summed E-state index contributed by atoms with van der Waals surface area (Å²) in [6.07, 6.45) is 0.926. The molecule has 0 atom stereocenters. The zero-order valence-electron chi connectivity index (χ0n) is 11.6. The third-order valence-electron chi connectivity index (χ3n) is 3.21. The van der Waals surface area contributed by atoms with Crippen molar-refractivity contribution in [1.29, 1.82) is 0 Å². The molecule has 0 saturated carbocycles. The number of rotatable bonds is 3. The van der Waals surface area contributed by atoms with Crippen molar-refractivity contribution in [2.45, 2.75) is 4.90 Å². The molecule has 3 aromatic carbocycles. The minimum atomic E-state index is -3.82. The van der Waals surface area contributed by atoms with E-state index in [1.54, 1.807) is 12.1 Å². The van der Waals surface area contributed by atoms with Crippen molar-refractivity contribution in [1.82, 2.24) is 0 Å². The molecule has 0 fully saturated rings. The molecule has 1 radical (unpaired) electrons. The van der Waals surface area contributed by atoms with Crippen LogP contribution >= 0.6 is 0 Å². The summed E-state index contributed by atoms with van der Waals surface area (Å²) in [5.41, 5.74) is 0. The molecule has 0 aliphatic rings. The Hall–Kier alpha value is -0.694. The number of hydrogen-bond donors (Lipinski definition) is 0. The molecular formula is C16H12KO3S. The molecular weight excluding hydrogens is 311 g/mol. The van der Waals surface area contributed by atoms with Gasteiger partial charge in [0.05, 0.1) is 6.26 Å². The van der Waals surface area contributed by atoms with Crippen molar-refractivity contribution in [3.05, 3.63) is 67.4 Å². The average molecular weight is 323 g/mol. The summed E-state index contributed by atoms with van der Waals surface area (Å²) in [5.74, 6) is 0. The summed E-state index contributed by atoms with van der Waals surface area (Å²) in [6, 6.07) is 16.7. The van der Waals surface area contributed by atoms with Gasteiger partial charge in [0.1, 0.15) is 4.90 Å². The van der Waals surface area contributed by atoms with Crippen molar-refractivity contribution in [3.8, 4) is 0 Å². The molecule has 0 aromatic heterocycles. The first-order valence-corrected chi connectivity index (χ1v) is 7.49. The fraction of sp³-hybridized carbons (Fsp3) is 0. The first-order valence-electron chi connectivity index (χ1n) is 6.08. The van der Waals surface area contributed by atoms with Gasteiger partial charge in [-0.3, -0.25) is 0 Å². The number of hydrogen-bond acceptors (Lipinski definition) is 3. The van der Waals surface area contributed by atoms with E-state index in [1.165, 1.54) is 6.07 Å². The van der Waals surface area contributed by atoms with Gasteiger partial charge in [-0.05, 0) is 22.2 Å². The second kappa shape index (κ2) is 6.60. The van der Waals surface area contributed by atoms with Crippen molar-refractivity contribution in [2.24, 2.45) is 0 Å². The molecule has 0 amide bonds. The minimum Gasteiger partial charge on any atom is -0.388 e. The van der Waals surface area contributed by atoms with Crippen LogP contribution in [0, 0.1) is 0 Å². The summed E-state index contributed by atoms with van der Waals surface area (Å²) >= 11 is 0. The second-order valence-electron chi connectivity index (χ2n) is 4.35. The number of fused-ring (bicyclic) bond motifs is 3. The molecule has 101 valence electrons. The summed E-state index contributed by atoms with van der Waals surface area (Å²) in [7, 11) is -3.82. The monoisotopic (exact) mass is 323 g/mol. The Labute approximate surface area is 166 Å². The van der Waals surface area contributed by atoms with Crippen LogP contribution in [0.3, 0.4) is 0 Å². The summed E-state index contributed by atoms with van der Waals surface area (Å²) in [5, 5.41) is 3.62. The van der Waals surface area contributed by atoms with Gasteiger partial charge in [0.25, 0.3) is 0 Å². The molecule has 5 heteroatoms. The zero-order chi connectivity index (χ0) is 14.2. The van der Waals surface area contributed by atoms with Gasteiger partial charge >= 0.3 is 10.1 Å². The predicted octanol–water partition coefficient (Wildman–Crippen LogP) is 3.46. The van der Waals surface area contributed by atoms with Crippen molar-refractivity contribution in [2.75, 3.05) is 0 Å². The Morgan fingerprint density at radius 1 is 0.857 bits per heavy atom. The summed E-state index contributed by atoms with van der Waals surface area (Å²) in [6.45, 7) is 3.30. The quantitative estimate of drug-likeness (QED) is 0.321. The smallest absolute Gasteiger partial charge is 0.339 e. The molecule has 0 bridgehead atoms. The Morgan fingerprint density at radius 3 is 2.33 bits per heavy atom. The first kappa shape index (κ1) is 16.7. The zero-order valence-corrected chi connectivity index (χ0v) is 15.6. The largest absolute Gasteiger partial charge is 0.388 e. The van der Waals surface area contributed by atoms with Crippen LogP contribution in [0.5, 0.6) is 0 Å². The molecule has 0 heterocycles. The third-order valence-corrected chi connectivity index (χ3v) is 4.49. The minimum absolute atomic E-state index is 0. The molecule has 0 N–H and O–H groups in total. The van der Waals surface area contributed by atoms with Gasteiger partial charge < -0.3 is 4.18 Å². The molecule has 3 rings (SSSR count). The third kappa shape index (κ3) is 3.08. The van der Waals surface area contributed by atoms with Crippen LogP contribution in [-0.2, 0) is 14.3 Å². The van der Waals surface area contributed by atoms with E-state index in [0.717, 1.165) is 22.4 Å². The van der Waals surface area contributed by atoms with Crippen LogP contribution in [0.2, 0.25) is 0 Å². The van der Waals surface area contributed by atoms with Gasteiger partial charge in [0.15, 0.2) is 0 Å². The molecule has 3 aromatic rings. The van der Waals surface area contributed by atoms with E-state index in [4.69, 9.17) is 0 Å². The van der Waals surface area contributed by atoms with Gasteiger partial charge in [-0.2, -0.15) is 8.42 Å². The standard InChI is InChI=1S/C16H12O3S.K/c1-2-19-20(17,18)16-9-5-8-14-13-7-4-3-6-12(13)10-11-15(14)16;/h2-11H,1H2;. The molecule has 0 spiro atoms. The Kier molecular flexibility index (Phi) is 5.24. The van der Waals surface area contributed by atoms with Gasteiger partial charge in [-0.1, -0.05) is 55.1 Å². The van der Waals surface area contributed by atoms with Crippen molar-refractivity contribution in [3.63, 3.8) is 0 Å². The fourth-order valence-corrected chi connectivity index (χ4v) is 3.35. The maximum Gasteiger partial charge on any atom is 0.339 e. The molecule has 3 nitrogen and oxygen atoms in total. The Balaban J connectivity index is 0.00000161. The molecule has 0 unspecified atom stereocenters. The first-order chi connectivity index (χ1) is 9.63. The maximum atomic E-state index is 12.1. The van der Waals surface area contributed by atoms with Crippen LogP contribution in [-0.4, -0.2) is 59.8 Å². The Morgan fingerprint density at radius 2 is 1.57 bits per heavy atom. The van der Waals surface area contributed by atoms with Crippen LogP contribution in [0.1, 0.15) is 0 Å². The maximum absolute atomic E-state index is 12.1. The second-order valence-corrected chi connectivity index (χ2v) is 5.90. The van der Waals surface area contributed by atoms with Crippen LogP contribution in [0.25, 0.3) is 21.5 Å². The summed E-state index contributed by atoms with van der Waals surface area (Å²) < 4.78 is 28.8. The van der Waals surface area contributed by atoms with Gasteiger partial charge in [-0.15, -0.1) is 0 Å². The topological polar surface area (TPSA) is 43.4 Å². The average Bonchev–Trinajstić information content (AvgIpc) is 2.46. The van der Waals surface area contributed by atoms with Gasteiger partial charge in [-0.25, -0.2) is 0 Å². The van der Waals surface area contributed by atoms with E-state index in [1.807, 2.05) is 36.4 Å². The Bertz CT molecular complexity index is 917. The van der Waals surface area contributed by atoms with E-state index in [-0.39, 0.29) is 56.3 Å². The molecule has 0 aliphatic carbocycles. The molecule has 21 heavy (non-hydrogen) atoms. The summed E-state index contributed by atoms with van der Waals surface area (Å²) in [4.78, 5) is 0.153. The number of benzene rings is 3. The van der Waals surface area contributed by atoms with E-state index >= 15 is 0 Å². The van der Waals surface area contributed by atoms with E-state index < -0.39 is 10.1 Å². The molecule has 0 aliphatic heterocycles. The van der Waals surface area contributed by atoms with Crippen LogP contribution < -0.4 is 0 Å². The fourth-order valence-electron chi connectivity index (χ4n) is 2.37. The normalized spacial score (nSPS) is 11.0. The van der Waals surface area contributed by atoms with Gasteiger partial charge in [0.2, 0.25) is 0 Å². The van der Waals surface area contributed by atoms with Crippen LogP contribution in [0.4, 0.5) is 0 Å². The SMILES string of the molecule is C=COS(=O)(=O)c1cccc2c1ccc1ccccc12.[K]. The van der Waals surface area contributed by atoms with Gasteiger partial charge in [0, 0.05) is 56.8 Å². The van der Waals surface area contributed by atoms with E-state index in [9.17, 15) is 8.42 Å². The van der Waals surface area contributed by atoms with E-state index in [2.05, 4.69) is 10.8 Å². The van der Waals surface area contributed by atoms with Crippen molar-refractivity contribution >= 4 is 83.0 Å². The van der Waals surface area contributed by atoms with E-state index in [0.29, 0.717) is 5.39 Å². The van der Waals surface area contributed by atoms with Crippen LogP contribution in [0.15, 0.2) is 72.3 Å². The predicted molar refractivity (Wildman–Crippen MR) is 85.7 cm³/mol. The van der Waals surface area contributed by atoms with Crippen molar-refractivity contribution < 1.29 is 12.6 Å². The molecule has 0 saturated heterocycles.